The Hall–Kier alpha value is -1.30. The summed E-state index contributed by atoms with van der Waals surface area (Å²) in [5.74, 6) is 1.72. The Morgan fingerprint density at radius 2 is 1.95 bits per heavy atom. The number of ether oxygens (including phenoxy) is 3. The highest BCUT2D eigenvalue weighted by Crippen LogP contribution is 2.25. The SMILES string of the molecule is CCN(CCN1CCOCC1)Cc1ccc(OC)cc1OC. The number of likely N-dealkylation sites (N-methyl/N-ethyl adjacent to an activating group) is 1. The van der Waals surface area contributed by atoms with Crippen molar-refractivity contribution in [1.82, 2.24) is 9.80 Å². The van der Waals surface area contributed by atoms with Crippen molar-refractivity contribution in [1.29, 1.82) is 0 Å². The average molecular weight is 308 g/mol. The van der Waals surface area contributed by atoms with E-state index < -0.39 is 0 Å². The molecule has 0 bridgehead atoms. The molecule has 1 aromatic rings. The molecule has 1 fully saturated rings. The number of methoxy groups -OCH3 is 2. The van der Waals surface area contributed by atoms with Crippen LogP contribution in [0, 0.1) is 0 Å². The predicted molar refractivity (Wildman–Crippen MR) is 87.8 cm³/mol. The molecular weight excluding hydrogens is 280 g/mol. The molecule has 0 atom stereocenters. The second-order valence-electron chi connectivity index (χ2n) is 5.50. The third kappa shape index (κ3) is 4.87. The second kappa shape index (κ2) is 8.98. The van der Waals surface area contributed by atoms with E-state index in [0.29, 0.717) is 0 Å². The number of morpholine rings is 1. The minimum Gasteiger partial charge on any atom is -0.497 e. The van der Waals surface area contributed by atoms with Gasteiger partial charge in [0.2, 0.25) is 0 Å². The van der Waals surface area contributed by atoms with Crippen LogP contribution >= 0.6 is 0 Å². The first-order valence-electron chi connectivity index (χ1n) is 8.00. The lowest BCUT2D eigenvalue weighted by Crippen LogP contribution is -2.41. The van der Waals surface area contributed by atoms with Gasteiger partial charge in [0.1, 0.15) is 11.5 Å². The maximum absolute atomic E-state index is 5.49. The van der Waals surface area contributed by atoms with Crippen LogP contribution in [0.25, 0.3) is 0 Å². The van der Waals surface area contributed by atoms with Gasteiger partial charge in [-0.2, -0.15) is 0 Å². The highest BCUT2D eigenvalue weighted by molar-refractivity contribution is 5.40. The minimum atomic E-state index is 0.831. The topological polar surface area (TPSA) is 34.2 Å². The zero-order valence-electron chi connectivity index (χ0n) is 14.0. The van der Waals surface area contributed by atoms with Crippen molar-refractivity contribution < 1.29 is 14.2 Å². The molecule has 0 N–H and O–H groups in total. The maximum atomic E-state index is 5.49. The second-order valence-corrected chi connectivity index (χ2v) is 5.50. The first-order chi connectivity index (χ1) is 10.8. The van der Waals surface area contributed by atoms with Gasteiger partial charge in [0, 0.05) is 44.4 Å². The quantitative estimate of drug-likeness (QED) is 0.732. The van der Waals surface area contributed by atoms with Crippen LogP contribution in [0.2, 0.25) is 0 Å². The summed E-state index contributed by atoms with van der Waals surface area (Å²) in [6.07, 6.45) is 0. The standard InChI is InChI=1S/C17H28N2O3/c1-4-18(7-8-19-9-11-22-12-10-19)14-15-5-6-16(20-2)13-17(15)21-3/h5-6,13H,4,7-12,14H2,1-3H3. The fraction of sp³-hybridized carbons (Fsp3) is 0.647. The Morgan fingerprint density at radius 3 is 2.59 bits per heavy atom. The summed E-state index contributed by atoms with van der Waals surface area (Å²) in [4.78, 5) is 4.91. The Balaban J connectivity index is 1.91. The maximum Gasteiger partial charge on any atom is 0.127 e. The van der Waals surface area contributed by atoms with E-state index >= 15 is 0 Å². The van der Waals surface area contributed by atoms with Crippen LogP contribution in [0.4, 0.5) is 0 Å². The van der Waals surface area contributed by atoms with Gasteiger partial charge in [0.05, 0.1) is 27.4 Å². The van der Waals surface area contributed by atoms with Crippen LogP contribution in [0.1, 0.15) is 12.5 Å². The van der Waals surface area contributed by atoms with Gasteiger partial charge in [-0.3, -0.25) is 9.80 Å². The molecule has 0 amide bonds. The van der Waals surface area contributed by atoms with E-state index in [1.165, 1.54) is 5.56 Å². The monoisotopic (exact) mass is 308 g/mol. The van der Waals surface area contributed by atoms with E-state index in [-0.39, 0.29) is 0 Å². The van der Waals surface area contributed by atoms with E-state index in [2.05, 4.69) is 22.8 Å². The van der Waals surface area contributed by atoms with Crippen molar-refractivity contribution in [2.75, 3.05) is 60.2 Å². The van der Waals surface area contributed by atoms with Crippen molar-refractivity contribution in [3.63, 3.8) is 0 Å². The fourth-order valence-corrected chi connectivity index (χ4v) is 2.68. The predicted octanol–water partition coefficient (Wildman–Crippen LogP) is 1.86. The van der Waals surface area contributed by atoms with Crippen LogP contribution in [-0.4, -0.2) is 70.0 Å². The smallest absolute Gasteiger partial charge is 0.127 e. The molecule has 1 aliphatic rings. The first-order valence-corrected chi connectivity index (χ1v) is 8.00. The molecule has 22 heavy (non-hydrogen) atoms. The summed E-state index contributed by atoms with van der Waals surface area (Å²) >= 11 is 0. The summed E-state index contributed by atoms with van der Waals surface area (Å²) in [6.45, 7) is 10.1. The van der Waals surface area contributed by atoms with Gasteiger partial charge in [0.25, 0.3) is 0 Å². The molecule has 5 nitrogen and oxygen atoms in total. The van der Waals surface area contributed by atoms with Gasteiger partial charge in [0.15, 0.2) is 0 Å². The van der Waals surface area contributed by atoms with E-state index in [1.807, 2.05) is 12.1 Å². The highest BCUT2D eigenvalue weighted by Gasteiger charge is 2.13. The van der Waals surface area contributed by atoms with E-state index in [4.69, 9.17) is 14.2 Å². The third-order valence-corrected chi connectivity index (χ3v) is 4.17. The van der Waals surface area contributed by atoms with Crippen LogP contribution in [-0.2, 0) is 11.3 Å². The molecule has 1 heterocycles. The molecular formula is C17H28N2O3. The molecule has 0 aromatic heterocycles. The number of hydrogen-bond acceptors (Lipinski definition) is 5. The number of rotatable bonds is 8. The molecule has 1 aliphatic heterocycles. The van der Waals surface area contributed by atoms with E-state index in [1.54, 1.807) is 14.2 Å². The van der Waals surface area contributed by atoms with Crippen molar-refractivity contribution in [3.05, 3.63) is 23.8 Å². The average Bonchev–Trinajstić information content (AvgIpc) is 2.59. The van der Waals surface area contributed by atoms with Crippen LogP contribution in [0.3, 0.4) is 0 Å². The molecule has 5 heteroatoms. The fourth-order valence-electron chi connectivity index (χ4n) is 2.68. The first kappa shape index (κ1) is 17.1. The third-order valence-electron chi connectivity index (χ3n) is 4.17. The van der Waals surface area contributed by atoms with Crippen LogP contribution in [0.5, 0.6) is 11.5 Å². The largest absolute Gasteiger partial charge is 0.497 e. The lowest BCUT2D eigenvalue weighted by Gasteiger charge is -2.29. The van der Waals surface area contributed by atoms with Gasteiger partial charge >= 0.3 is 0 Å². The molecule has 2 rings (SSSR count). The Morgan fingerprint density at radius 1 is 1.18 bits per heavy atom. The number of nitrogens with zero attached hydrogens (tertiary/aromatic N) is 2. The Kier molecular flexibility index (Phi) is 6.96. The normalized spacial score (nSPS) is 16.0. The van der Waals surface area contributed by atoms with Gasteiger partial charge < -0.3 is 14.2 Å². The summed E-state index contributed by atoms with van der Waals surface area (Å²) in [6, 6.07) is 6.04. The lowest BCUT2D eigenvalue weighted by molar-refractivity contribution is 0.0332. The molecule has 0 saturated carbocycles. The number of hydrogen-bond donors (Lipinski definition) is 0. The van der Waals surface area contributed by atoms with Crippen LogP contribution in [0.15, 0.2) is 18.2 Å². The molecule has 0 aliphatic carbocycles. The molecule has 1 aromatic carbocycles. The number of benzene rings is 1. The summed E-state index contributed by atoms with van der Waals surface area (Å²) < 4.78 is 16.1. The molecule has 0 spiro atoms. The zero-order chi connectivity index (χ0) is 15.8. The van der Waals surface area contributed by atoms with Crippen molar-refractivity contribution in [2.24, 2.45) is 0 Å². The van der Waals surface area contributed by atoms with Crippen molar-refractivity contribution >= 4 is 0 Å². The van der Waals surface area contributed by atoms with Gasteiger partial charge in [-0.25, -0.2) is 0 Å². The van der Waals surface area contributed by atoms with E-state index in [0.717, 1.165) is 64.0 Å². The summed E-state index contributed by atoms with van der Waals surface area (Å²) in [7, 11) is 3.39. The molecule has 0 radical (unpaired) electrons. The minimum absolute atomic E-state index is 0.831. The Bertz CT molecular complexity index is 448. The zero-order valence-corrected chi connectivity index (χ0v) is 14.0. The van der Waals surface area contributed by atoms with Crippen LogP contribution < -0.4 is 9.47 Å². The highest BCUT2D eigenvalue weighted by atomic mass is 16.5. The lowest BCUT2D eigenvalue weighted by atomic mass is 10.1. The molecule has 124 valence electrons. The molecule has 1 saturated heterocycles. The van der Waals surface area contributed by atoms with E-state index in [9.17, 15) is 0 Å². The van der Waals surface area contributed by atoms with Gasteiger partial charge in [-0.05, 0) is 12.6 Å². The van der Waals surface area contributed by atoms with Crippen molar-refractivity contribution in [2.45, 2.75) is 13.5 Å². The molecule has 0 unspecified atom stereocenters. The van der Waals surface area contributed by atoms with Gasteiger partial charge in [-0.15, -0.1) is 0 Å². The summed E-state index contributed by atoms with van der Waals surface area (Å²) in [5.41, 5.74) is 1.20. The Labute approximate surface area is 133 Å². The summed E-state index contributed by atoms with van der Waals surface area (Å²) in [5, 5.41) is 0. The van der Waals surface area contributed by atoms with Gasteiger partial charge in [-0.1, -0.05) is 13.0 Å². The van der Waals surface area contributed by atoms with Crippen molar-refractivity contribution in [3.8, 4) is 11.5 Å².